The van der Waals surface area contributed by atoms with Gasteiger partial charge in [0.05, 0.1) is 13.2 Å². The topological polar surface area (TPSA) is 21.3 Å². The fourth-order valence-electron chi connectivity index (χ4n) is 1.12. The van der Waals surface area contributed by atoms with Gasteiger partial charge < -0.3 is 10.1 Å². The zero-order valence-corrected chi connectivity index (χ0v) is 9.18. The molecule has 0 aliphatic carbocycles. The third-order valence-electron chi connectivity index (χ3n) is 1.94. The van der Waals surface area contributed by atoms with Gasteiger partial charge >= 0.3 is 0 Å². The van der Waals surface area contributed by atoms with Crippen LogP contribution in [-0.4, -0.2) is 26.8 Å². The predicted octanol–water partition coefficient (Wildman–Crippen LogP) is 2.12. The maximum Gasteiger partial charge on any atom is 0.0590 e. The summed E-state index contributed by atoms with van der Waals surface area (Å²) in [5.74, 6) is 0. The van der Waals surface area contributed by atoms with Crippen LogP contribution in [0.25, 0.3) is 0 Å². The number of hydrogen-bond acceptors (Lipinski definition) is 2. The first kappa shape index (κ1) is 11.5. The van der Waals surface area contributed by atoms with Gasteiger partial charge in [-0.3, -0.25) is 0 Å². The molecule has 0 aliphatic rings. The molecule has 0 saturated heterocycles. The lowest BCUT2D eigenvalue weighted by Gasteiger charge is -2.03. The second kappa shape index (κ2) is 6.82. The largest absolute Gasteiger partial charge is 0.380 e. The molecule has 14 heavy (non-hydrogen) atoms. The van der Waals surface area contributed by atoms with Crippen molar-refractivity contribution in [3.05, 3.63) is 34.9 Å². The zero-order valence-electron chi connectivity index (χ0n) is 8.42. The maximum absolute atomic E-state index is 5.77. The van der Waals surface area contributed by atoms with Crippen molar-refractivity contribution >= 4 is 11.6 Å². The second-order valence-electron chi connectivity index (χ2n) is 3.09. The van der Waals surface area contributed by atoms with Gasteiger partial charge in [0, 0.05) is 11.6 Å². The number of likely N-dealkylation sites (N-methyl/N-ethyl adjacent to an activating group) is 1. The molecule has 1 aromatic carbocycles. The molecule has 0 aliphatic heterocycles. The standard InChI is InChI=1S/C11H16ClNO/c1-13-7-9-14-8-6-10-2-4-11(12)5-3-10/h2-5,13H,6-9H2,1H3. The van der Waals surface area contributed by atoms with E-state index < -0.39 is 0 Å². The smallest absolute Gasteiger partial charge is 0.0590 e. The lowest BCUT2D eigenvalue weighted by atomic mass is 10.2. The highest BCUT2D eigenvalue weighted by Gasteiger charge is 1.93. The summed E-state index contributed by atoms with van der Waals surface area (Å²) >= 11 is 5.77. The Morgan fingerprint density at radius 1 is 1.21 bits per heavy atom. The molecule has 0 radical (unpaired) electrons. The first-order valence-electron chi connectivity index (χ1n) is 4.79. The van der Waals surface area contributed by atoms with Crippen molar-refractivity contribution in [1.82, 2.24) is 5.32 Å². The Morgan fingerprint density at radius 2 is 1.93 bits per heavy atom. The number of benzene rings is 1. The normalized spacial score (nSPS) is 10.4. The molecule has 1 N–H and O–H groups in total. The third kappa shape index (κ3) is 4.61. The van der Waals surface area contributed by atoms with E-state index in [2.05, 4.69) is 5.32 Å². The minimum absolute atomic E-state index is 0.767. The van der Waals surface area contributed by atoms with Crippen molar-refractivity contribution in [2.75, 3.05) is 26.8 Å². The van der Waals surface area contributed by atoms with E-state index in [4.69, 9.17) is 16.3 Å². The molecule has 0 unspecified atom stereocenters. The van der Waals surface area contributed by atoms with Gasteiger partial charge in [0.15, 0.2) is 0 Å². The van der Waals surface area contributed by atoms with Crippen molar-refractivity contribution in [1.29, 1.82) is 0 Å². The first-order valence-corrected chi connectivity index (χ1v) is 5.17. The molecule has 3 heteroatoms. The van der Waals surface area contributed by atoms with Crippen molar-refractivity contribution in [3.8, 4) is 0 Å². The van der Waals surface area contributed by atoms with Crippen LogP contribution in [-0.2, 0) is 11.2 Å². The average Bonchev–Trinajstić information content (AvgIpc) is 2.21. The summed E-state index contributed by atoms with van der Waals surface area (Å²) in [6.07, 6.45) is 0.945. The first-order chi connectivity index (χ1) is 6.83. The fourth-order valence-corrected chi connectivity index (χ4v) is 1.24. The van der Waals surface area contributed by atoms with E-state index in [1.807, 2.05) is 31.3 Å². The highest BCUT2D eigenvalue weighted by Crippen LogP contribution is 2.09. The summed E-state index contributed by atoms with van der Waals surface area (Å²) in [4.78, 5) is 0. The summed E-state index contributed by atoms with van der Waals surface area (Å²) in [6.45, 7) is 2.44. The van der Waals surface area contributed by atoms with E-state index in [-0.39, 0.29) is 0 Å². The minimum Gasteiger partial charge on any atom is -0.380 e. The average molecular weight is 214 g/mol. The Hall–Kier alpha value is -0.570. The van der Waals surface area contributed by atoms with Crippen LogP contribution in [0.5, 0.6) is 0 Å². The van der Waals surface area contributed by atoms with Gasteiger partial charge in [-0.1, -0.05) is 23.7 Å². The molecule has 0 bridgehead atoms. The van der Waals surface area contributed by atoms with E-state index in [1.54, 1.807) is 0 Å². The summed E-state index contributed by atoms with van der Waals surface area (Å²) in [6, 6.07) is 7.88. The van der Waals surface area contributed by atoms with E-state index in [1.165, 1.54) is 5.56 Å². The van der Waals surface area contributed by atoms with Gasteiger partial charge in [-0.05, 0) is 31.2 Å². The van der Waals surface area contributed by atoms with E-state index >= 15 is 0 Å². The molecule has 0 heterocycles. The van der Waals surface area contributed by atoms with Crippen molar-refractivity contribution in [2.45, 2.75) is 6.42 Å². The van der Waals surface area contributed by atoms with E-state index in [0.717, 1.165) is 31.2 Å². The highest BCUT2D eigenvalue weighted by atomic mass is 35.5. The maximum atomic E-state index is 5.77. The van der Waals surface area contributed by atoms with Gasteiger partial charge in [-0.2, -0.15) is 0 Å². The van der Waals surface area contributed by atoms with Crippen LogP contribution in [0.1, 0.15) is 5.56 Å². The van der Waals surface area contributed by atoms with E-state index in [0.29, 0.717) is 0 Å². The van der Waals surface area contributed by atoms with Crippen LogP contribution in [0.4, 0.5) is 0 Å². The van der Waals surface area contributed by atoms with Gasteiger partial charge in [0.1, 0.15) is 0 Å². The van der Waals surface area contributed by atoms with Crippen molar-refractivity contribution in [3.63, 3.8) is 0 Å². The summed E-state index contributed by atoms with van der Waals surface area (Å²) in [7, 11) is 1.92. The molecule has 78 valence electrons. The summed E-state index contributed by atoms with van der Waals surface area (Å²) in [5, 5.41) is 3.81. The van der Waals surface area contributed by atoms with Gasteiger partial charge in [0.25, 0.3) is 0 Å². The van der Waals surface area contributed by atoms with Crippen molar-refractivity contribution in [2.24, 2.45) is 0 Å². The minimum atomic E-state index is 0.767. The monoisotopic (exact) mass is 213 g/mol. The Labute approximate surface area is 90.2 Å². The Balaban J connectivity index is 2.15. The molecule has 0 saturated carbocycles. The fraction of sp³-hybridized carbons (Fsp3) is 0.455. The number of nitrogens with one attached hydrogen (secondary N) is 1. The number of hydrogen-bond donors (Lipinski definition) is 1. The lowest BCUT2D eigenvalue weighted by molar-refractivity contribution is 0.140. The Kier molecular flexibility index (Phi) is 5.60. The number of halogens is 1. The second-order valence-corrected chi connectivity index (χ2v) is 3.53. The van der Waals surface area contributed by atoms with Gasteiger partial charge in [0.2, 0.25) is 0 Å². The Morgan fingerprint density at radius 3 is 2.57 bits per heavy atom. The summed E-state index contributed by atoms with van der Waals surface area (Å²) < 4.78 is 5.41. The highest BCUT2D eigenvalue weighted by molar-refractivity contribution is 6.30. The number of ether oxygens (including phenoxy) is 1. The molecule has 0 atom stereocenters. The SMILES string of the molecule is CNCCOCCc1ccc(Cl)cc1. The molecule has 0 amide bonds. The molecule has 0 fully saturated rings. The Bertz CT molecular complexity index is 248. The molecule has 1 rings (SSSR count). The third-order valence-corrected chi connectivity index (χ3v) is 2.20. The summed E-state index contributed by atoms with van der Waals surface area (Å²) in [5.41, 5.74) is 1.26. The lowest BCUT2D eigenvalue weighted by Crippen LogP contribution is -2.15. The number of rotatable bonds is 6. The molecular formula is C11H16ClNO. The predicted molar refractivity (Wildman–Crippen MR) is 59.9 cm³/mol. The van der Waals surface area contributed by atoms with Crippen molar-refractivity contribution < 1.29 is 4.74 Å². The van der Waals surface area contributed by atoms with Gasteiger partial charge in [-0.15, -0.1) is 0 Å². The van der Waals surface area contributed by atoms with Crippen LogP contribution >= 0.6 is 11.6 Å². The van der Waals surface area contributed by atoms with Crippen LogP contribution in [0, 0.1) is 0 Å². The van der Waals surface area contributed by atoms with Crippen LogP contribution in [0.15, 0.2) is 24.3 Å². The molecule has 1 aromatic rings. The van der Waals surface area contributed by atoms with Crippen LogP contribution in [0.3, 0.4) is 0 Å². The molecule has 0 aromatic heterocycles. The van der Waals surface area contributed by atoms with Crippen LogP contribution in [0.2, 0.25) is 5.02 Å². The van der Waals surface area contributed by atoms with Crippen LogP contribution < -0.4 is 5.32 Å². The molecule has 0 spiro atoms. The van der Waals surface area contributed by atoms with Gasteiger partial charge in [-0.25, -0.2) is 0 Å². The quantitative estimate of drug-likeness (QED) is 0.731. The molecule has 2 nitrogen and oxygen atoms in total. The van der Waals surface area contributed by atoms with E-state index in [9.17, 15) is 0 Å². The molecular weight excluding hydrogens is 198 g/mol. The zero-order chi connectivity index (χ0) is 10.2.